The van der Waals surface area contributed by atoms with Gasteiger partial charge in [0.15, 0.2) is 5.16 Å². The van der Waals surface area contributed by atoms with Gasteiger partial charge in [-0.3, -0.25) is 4.90 Å². The van der Waals surface area contributed by atoms with Crippen LogP contribution in [0.15, 0.2) is 11.4 Å². The van der Waals surface area contributed by atoms with Gasteiger partial charge < -0.3 is 9.30 Å². The van der Waals surface area contributed by atoms with Crippen molar-refractivity contribution in [3.05, 3.63) is 11.9 Å². The summed E-state index contributed by atoms with van der Waals surface area (Å²) < 4.78 is 7.88. The first-order valence-corrected chi connectivity index (χ1v) is 8.18. The second-order valence-corrected chi connectivity index (χ2v) is 6.37. The number of aromatic nitrogens is 2. The minimum Gasteiger partial charge on any atom is -0.375 e. The first-order chi connectivity index (χ1) is 9.11. The van der Waals surface area contributed by atoms with Crippen LogP contribution in [0.25, 0.3) is 0 Å². The SMILES string of the molecule is CC(C)N1CCOC(CSc2ncc(CCl)n2C)C1. The topological polar surface area (TPSA) is 30.3 Å². The molecule has 1 aliphatic heterocycles. The van der Waals surface area contributed by atoms with E-state index in [4.69, 9.17) is 16.3 Å². The van der Waals surface area contributed by atoms with Gasteiger partial charge in [0.2, 0.25) is 0 Å². The molecule has 108 valence electrons. The lowest BCUT2D eigenvalue weighted by molar-refractivity contribution is -0.0265. The Balaban J connectivity index is 1.86. The summed E-state index contributed by atoms with van der Waals surface area (Å²) in [5.41, 5.74) is 1.05. The highest BCUT2D eigenvalue weighted by Crippen LogP contribution is 2.21. The number of nitrogens with zero attached hydrogens (tertiary/aromatic N) is 3. The fourth-order valence-electron chi connectivity index (χ4n) is 2.16. The van der Waals surface area contributed by atoms with Crippen molar-refractivity contribution in [1.29, 1.82) is 0 Å². The van der Waals surface area contributed by atoms with E-state index in [2.05, 4.69) is 28.3 Å². The summed E-state index contributed by atoms with van der Waals surface area (Å²) in [6, 6.07) is 0.590. The molecule has 1 atom stereocenters. The minimum absolute atomic E-state index is 0.289. The van der Waals surface area contributed by atoms with Crippen LogP contribution in [0.3, 0.4) is 0 Å². The number of rotatable bonds is 5. The minimum atomic E-state index is 0.289. The predicted molar refractivity (Wildman–Crippen MR) is 79.9 cm³/mol. The van der Waals surface area contributed by atoms with Crippen LogP contribution in [0.2, 0.25) is 0 Å². The summed E-state index contributed by atoms with van der Waals surface area (Å²) in [7, 11) is 2.01. The zero-order valence-corrected chi connectivity index (χ0v) is 13.4. The normalized spacial score (nSPS) is 21.2. The van der Waals surface area contributed by atoms with Crippen molar-refractivity contribution < 1.29 is 4.74 Å². The third-order valence-corrected chi connectivity index (χ3v) is 4.93. The summed E-state index contributed by atoms with van der Waals surface area (Å²) >= 11 is 7.59. The van der Waals surface area contributed by atoms with Crippen LogP contribution in [-0.4, -0.2) is 52.0 Å². The van der Waals surface area contributed by atoms with E-state index in [0.29, 0.717) is 11.9 Å². The van der Waals surface area contributed by atoms with Crippen LogP contribution in [0, 0.1) is 0 Å². The average molecular weight is 304 g/mol. The second kappa shape index (κ2) is 6.97. The number of ether oxygens (including phenoxy) is 1. The average Bonchev–Trinajstić information content (AvgIpc) is 2.77. The van der Waals surface area contributed by atoms with Crippen molar-refractivity contribution in [2.24, 2.45) is 7.05 Å². The van der Waals surface area contributed by atoms with E-state index in [1.165, 1.54) is 0 Å². The molecule has 2 heterocycles. The molecule has 0 aliphatic carbocycles. The van der Waals surface area contributed by atoms with Crippen molar-refractivity contribution in [1.82, 2.24) is 14.5 Å². The number of hydrogen-bond acceptors (Lipinski definition) is 4. The van der Waals surface area contributed by atoms with E-state index in [0.717, 1.165) is 36.3 Å². The Morgan fingerprint density at radius 2 is 2.37 bits per heavy atom. The molecular formula is C13H22ClN3OS. The fourth-order valence-corrected chi connectivity index (χ4v) is 3.39. The van der Waals surface area contributed by atoms with Crippen molar-refractivity contribution in [2.45, 2.75) is 37.0 Å². The van der Waals surface area contributed by atoms with E-state index in [1.807, 2.05) is 13.2 Å². The molecule has 1 fully saturated rings. The molecule has 0 amide bonds. The van der Waals surface area contributed by atoms with E-state index in [1.54, 1.807) is 11.8 Å². The molecule has 0 bridgehead atoms. The summed E-state index contributed by atoms with van der Waals surface area (Å²) in [6.45, 7) is 7.36. The van der Waals surface area contributed by atoms with Crippen LogP contribution in [0.4, 0.5) is 0 Å². The third kappa shape index (κ3) is 3.88. The monoisotopic (exact) mass is 303 g/mol. The Morgan fingerprint density at radius 3 is 3.00 bits per heavy atom. The van der Waals surface area contributed by atoms with Crippen LogP contribution >= 0.6 is 23.4 Å². The van der Waals surface area contributed by atoms with Gasteiger partial charge in [-0.1, -0.05) is 11.8 Å². The highest BCUT2D eigenvalue weighted by atomic mass is 35.5. The molecule has 19 heavy (non-hydrogen) atoms. The number of imidazole rings is 1. The number of halogens is 1. The number of alkyl halides is 1. The largest absolute Gasteiger partial charge is 0.375 e. The lowest BCUT2D eigenvalue weighted by Gasteiger charge is -2.35. The van der Waals surface area contributed by atoms with Gasteiger partial charge >= 0.3 is 0 Å². The number of hydrogen-bond donors (Lipinski definition) is 0. The van der Waals surface area contributed by atoms with E-state index >= 15 is 0 Å². The van der Waals surface area contributed by atoms with Crippen molar-refractivity contribution in [2.75, 3.05) is 25.4 Å². The molecule has 0 radical (unpaired) electrons. The molecule has 1 aliphatic rings. The Morgan fingerprint density at radius 1 is 1.58 bits per heavy atom. The molecule has 0 N–H and O–H groups in total. The zero-order valence-electron chi connectivity index (χ0n) is 11.8. The van der Waals surface area contributed by atoms with Gasteiger partial charge in [0, 0.05) is 31.9 Å². The van der Waals surface area contributed by atoms with E-state index < -0.39 is 0 Å². The molecule has 4 nitrogen and oxygen atoms in total. The fraction of sp³-hybridized carbons (Fsp3) is 0.769. The Hall–Kier alpha value is -0.230. The maximum absolute atomic E-state index is 5.85. The van der Waals surface area contributed by atoms with E-state index in [9.17, 15) is 0 Å². The first kappa shape index (κ1) is 15.2. The first-order valence-electron chi connectivity index (χ1n) is 6.66. The molecule has 0 spiro atoms. The molecule has 1 aromatic rings. The predicted octanol–water partition coefficient (Wildman–Crippen LogP) is 2.36. The highest BCUT2D eigenvalue weighted by Gasteiger charge is 2.22. The molecule has 1 unspecified atom stereocenters. The van der Waals surface area contributed by atoms with Crippen LogP contribution in [-0.2, 0) is 17.7 Å². The lowest BCUT2D eigenvalue weighted by Crippen LogP contribution is -2.46. The van der Waals surface area contributed by atoms with Crippen molar-refractivity contribution in [3.8, 4) is 0 Å². The van der Waals surface area contributed by atoms with Crippen LogP contribution in [0.1, 0.15) is 19.5 Å². The summed E-state index contributed by atoms with van der Waals surface area (Å²) in [5, 5.41) is 1.01. The molecule has 1 aromatic heterocycles. The number of thioether (sulfide) groups is 1. The van der Waals surface area contributed by atoms with E-state index in [-0.39, 0.29) is 6.10 Å². The quantitative estimate of drug-likeness (QED) is 0.617. The molecule has 0 aromatic carbocycles. The number of morpholine rings is 1. The van der Waals surface area contributed by atoms with Crippen LogP contribution < -0.4 is 0 Å². The standard InChI is InChI=1S/C13H22ClN3OS/c1-10(2)17-4-5-18-12(8-17)9-19-13-15-7-11(6-14)16(13)3/h7,10,12H,4-6,8-9H2,1-3H3. The summed E-state index contributed by atoms with van der Waals surface area (Å²) in [5.74, 6) is 1.45. The van der Waals surface area contributed by atoms with Gasteiger partial charge in [-0.15, -0.1) is 11.6 Å². The maximum atomic E-state index is 5.85. The summed E-state index contributed by atoms with van der Waals surface area (Å²) in [4.78, 5) is 6.87. The third-order valence-electron chi connectivity index (χ3n) is 3.48. The van der Waals surface area contributed by atoms with Gasteiger partial charge in [0.25, 0.3) is 0 Å². The zero-order chi connectivity index (χ0) is 13.8. The second-order valence-electron chi connectivity index (χ2n) is 5.12. The van der Waals surface area contributed by atoms with Crippen molar-refractivity contribution in [3.63, 3.8) is 0 Å². The molecule has 1 saturated heterocycles. The Kier molecular flexibility index (Phi) is 5.57. The van der Waals surface area contributed by atoms with Gasteiger partial charge in [0.1, 0.15) is 0 Å². The molecule has 0 saturated carbocycles. The van der Waals surface area contributed by atoms with Crippen molar-refractivity contribution >= 4 is 23.4 Å². The van der Waals surface area contributed by atoms with Crippen LogP contribution in [0.5, 0.6) is 0 Å². The highest BCUT2D eigenvalue weighted by molar-refractivity contribution is 7.99. The van der Waals surface area contributed by atoms with Gasteiger partial charge in [-0.25, -0.2) is 4.98 Å². The molecule has 2 rings (SSSR count). The smallest absolute Gasteiger partial charge is 0.168 e. The lowest BCUT2D eigenvalue weighted by atomic mass is 10.2. The van der Waals surface area contributed by atoms with Gasteiger partial charge in [-0.05, 0) is 13.8 Å². The Labute approximate surface area is 124 Å². The van der Waals surface area contributed by atoms with Gasteiger partial charge in [-0.2, -0.15) is 0 Å². The van der Waals surface area contributed by atoms with Gasteiger partial charge in [0.05, 0.1) is 30.5 Å². The summed E-state index contributed by atoms with van der Waals surface area (Å²) in [6.07, 6.45) is 2.13. The Bertz CT molecular complexity index is 411. The molecular weight excluding hydrogens is 282 g/mol. The molecule has 6 heteroatoms. The maximum Gasteiger partial charge on any atom is 0.168 e.